The van der Waals surface area contributed by atoms with Gasteiger partial charge < -0.3 is 24.2 Å². The van der Waals surface area contributed by atoms with Gasteiger partial charge in [0.2, 0.25) is 0 Å². The molecule has 0 aromatic carbocycles. The fraction of sp³-hybridized carbons (Fsp3) is 0.672. The van der Waals surface area contributed by atoms with E-state index in [4.69, 9.17) is 23.3 Å². The average molecular weight is 1000 g/mol. The van der Waals surface area contributed by atoms with Gasteiger partial charge in [0.25, 0.3) is 0 Å². The summed E-state index contributed by atoms with van der Waals surface area (Å²) in [5.74, 6) is -1.55. The molecule has 0 heterocycles. The highest BCUT2D eigenvalue weighted by atomic mass is 31.2. The summed E-state index contributed by atoms with van der Waals surface area (Å²) < 4.78 is 39.4. The Labute approximate surface area is 425 Å². The maximum absolute atomic E-state index is 12.9. The molecule has 3 unspecified atom stereocenters. The van der Waals surface area contributed by atoms with Gasteiger partial charge in [-0.2, -0.15) is 0 Å². The van der Waals surface area contributed by atoms with Crippen molar-refractivity contribution in [3.63, 3.8) is 0 Å². The van der Waals surface area contributed by atoms with E-state index in [-0.39, 0.29) is 25.9 Å². The molecule has 0 radical (unpaired) electrons. The van der Waals surface area contributed by atoms with Crippen LogP contribution in [0, 0.1) is 0 Å². The van der Waals surface area contributed by atoms with E-state index < -0.39 is 57.8 Å². The van der Waals surface area contributed by atoms with Crippen LogP contribution in [0.1, 0.15) is 213 Å². The highest BCUT2D eigenvalue weighted by Gasteiger charge is 2.28. The number of phosphoric ester groups is 1. The fourth-order valence-corrected chi connectivity index (χ4v) is 7.67. The lowest BCUT2D eigenvalue weighted by Gasteiger charge is -2.21. The summed E-state index contributed by atoms with van der Waals surface area (Å²) >= 11 is 0. The number of ether oxygens (including phenoxy) is 3. The van der Waals surface area contributed by atoms with Gasteiger partial charge in [0.15, 0.2) is 6.10 Å². The Morgan fingerprint density at radius 1 is 0.414 bits per heavy atom. The van der Waals surface area contributed by atoms with Crippen molar-refractivity contribution in [3.8, 4) is 0 Å². The number of phosphoric acid groups is 1. The molecule has 0 aliphatic carbocycles. The number of carbonyl (C=O) groups excluding carboxylic acids is 3. The second-order valence-corrected chi connectivity index (χ2v) is 19.1. The predicted octanol–water partition coefficient (Wildman–Crippen LogP) is 15.7. The van der Waals surface area contributed by atoms with E-state index in [1.54, 1.807) is 0 Å². The molecule has 0 aliphatic rings. The smallest absolute Gasteiger partial charge is 0.462 e. The summed E-state index contributed by atoms with van der Waals surface area (Å²) in [7, 11) is -4.77. The molecule has 0 amide bonds. The predicted molar refractivity (Wildman–Crippen MR) is 288 cm³/mol. The first-order valence-corrected chi connectivity index (χ1v) is 28.6. The van der Waals surface area contributed by atoms with E-state index in [0.717, 1.165) is 128 Å². The van der Waals surface area contributed by atoms with Crippen LogP contribution in [-0.2, 0) is 42.2 Å². The lowest BCUT2D eigenvalue weighted by molar-refractivity contribution is -0.161. The number of esters is 3. The molecular weight excluding hydrogens is 904 g/mol. The number of allylic oxidation sites excluding steroid dienone is 16. The molecular formula is C58H97O11P. The van der Waals surface area contributed by atoms with E-state index in [1.807, 2.05) is 0 Å². The standard InChI is InChI=1S/C58H97O11P/c1-4-7-10-13-16-19-22-25-27-30-33-36-39-42-45-48-57(61)68-54(50-59)52-66-70(63,64)67-53-55(51-65-56(60)47-44-41-38-35-32-29-24-21-18-15-12-9-6-3)69-58(62)49-46-43-40-37-34-31-28-26-23-20-17-14-11-8-5-2/h7-8,10-11,16-17,19-21,24-28,34,37,54-55,59H,4-6,9,12-15,18,22-23,29-33,35-36,38-53H2,1-3H3,(H,63,64)/b10-7-,11-8-,19-16-,20-17-,24-21-,27-25-,28-26-,37-34-. The molecule has 12 heteroatoms. The number of hydrogen-bond donors (Lipinski definition) is 2. The van der Waals surface area contributed by atoms with E-state index in [9.17, 15) is 28.9 Å². The minimum atomic E-state index is -4.77. The van der Waals surface area contributed by atoms with Gasteiger partial charge in [-0.15, -0.1) is 0 Å². The number of hydrogen-bond acceptors (Lipinski definition) is 10. The van der Waals surface area contributed by atoms with Gasteiger partial charge in [0.05, 0.1) is 19.8 Å². The van der Waals surface area contributed by atoms with Gasteiger partial charge >= 0.3 is 25.7 Å². The second-order valence-electron chi connectivity index (χ2n) is 17.6. The number of aliphatic hydroxyl groups is 1. The SMILES string of the molecule is CC/C=C\C/C=C\C/C=C\C/C=C\CCCCC(=O)OC(COC(=O)CCCCCCC/C=C\CCCCCC)COP(=O)(O)OCC(CO)OC(=O)CCCCCCC/C=C\C/C=C\C/C=C\CC. The summed E-state index contributed by atoms with van der Waals surface area (Å²) in [6.07, 6.45) is 59.4. The molecule has 11 nitrogen and oxygen atoms in total. The van der Waals surface area contributed by atoms with Crippen LogP contribution < -0.4 is 0 Å². The van der Waals surface area contributed by atoms with E-state index >= 15 is 0 Å². The van der Waals surface area contributed by atoms with Crippen LogP contribution in [0.5, 0.6) is 0 Å². The van der Waals surface area contributed by atoms with Gasteiger partial charge in [0, 0.05) is 19.3 Å². The summed E-state index contributed by atoms with van der Waals surface area (Å²) in [6.45, 7) is 4.31. The molecule has 0 fully saturated rings. The number of rotatable bonds is 49. The van der Waals surface area contributed by atoms with E-state index in [0.29, 0.717) is 19.3 Å². The summed E-state index contributed by atoms with van der Waals surface area (Å²) in [5.41, 5.74) is 0. The van der Waals surface area contributed by atoms with Crippen molar-refractivity contribution < 1.29 is 52.2 Å². The Kier molecular flexibility index (Phi) is 49.1. The molecule has 0 aliphatic heterocycles. The number of aliphatic hydroxyl groups excluding tert-OH is 1. The largest absolute Gasteiger partial charge is 0.472 e. The zero-order valence-corrected chi connectivity index (χ0v) is 44.8. The Balaban J connectivity index is 4.82. The summed E-state index contributed by atoms with van der Waals surface area (Å²) in [4.78, 5) is 48.4. The Bertz CT molecular complexity index is 1540. The first-order chi connectivity index (χ1) is 34.2. The van der Waals surface area contributed by atoms with Gasteiger partial charge in [-0.3, -0.25) is 23.4 Å². The lowest BCUT2D eigenvalue weighted by atomic mass is 10.1. The summed E-state index contributed by atoms with van der Waals surface area (Å²) in [6, 6.07) is 0. The van der Waals surface area contributed by atoms with E-state index in [2.05, 4.69) is 118 Å². The van der Waals surface area contributed by atoms with Crippen molar-refractivity contribution in [1.82, 2.24) is 0 Å². The van der Waals surface area contributed by atoms with Crippen molar-refractivity contribution in [2.75, 3.05) is 26.4 Å². The van der Waals surface area contributed by atoms with Crippen LogP contribution >= 0.6 is 7.82 Å². The fourth-order valence-electron chi connectivity index (χ4n) is 6.88. The number of carbonyl (C=O) groups is 3. The third-order valence-electron chi connectivity index (χ3n) is 11.0. The van der Waals surface area contributed by atoms with E-state index in [1.165, 1.54) is 25.7 Å². The molecule has 0 spiro atoms. The van der Waals surface area contributed by atoms with Crippen LogP contribution in [-0.4, -0.2) is 66.5 Å². The zero-order chi connectivity index (χ0) is 51.3. The first-order valence-electron chi connectivity index (χ1n) is 27.1. The normalized spacial score (nSPS) is 14.2. The van der Waals surface area contributed by atoms with Crippen LogP contribution in [0.3, 0.4) is 0 Å². The molecule has 0 rings (SSSR count). The molecule has 0 saturated carbocycles. The van der Waals surface area contributed by atoms with Crippen molar-refractivity contribution in [3.05, 3.63) is 97.2 Å². The minimum Gasteiger partial charge on any atom is -0.462 e. The molecule has 0 aromatic heterocycles. The molecule has 400 valence electrons. The zero-order valence-electron chi connectivity index (χ0n) is 43.9. The average Bonchev–Trinajstić information content (AvgIpc) is 3.35. The van der Waals surface area contributed by atoms with Crippen LogP contribution in [0.15, 0.2) is 97.2 Å². The second kappa shape index (κ2) is 51.7. The highest BCUT2D eigenvalue weighted by molar-refractivity contribution is 7.47. The quantitative estimate of drug-likeness (QED) is 0.0197. The molecule has 0 bridgehead atoms. The van der Waals surface area contributed by atoms with Crippen molar-refractivity contribution in [2.45, 2.75) is 226 Å². The van der Waals surface area contributed by atoms with Crippen LogP contribution in [0.4, 0.5) is 0 Å². The third kappa shape index (κ3) is 49.4. The van der Waals surface area contributed by atoms with Crippen molar-refractivity contribution in [1.29, 1.82) is 0 Å². The van der Waals surface area contributed by atoms with Crippen LogP contribution in [0.25, 0.3) is 0 Å². The minimum absolute atomic E-state index is 0.108. The Morgan fingerprint density at radius 2 is 0.743 bits per heavy atom. The van der Waals surface area contributed by atoms with Gasteiger partial charge in [0.1, 0.15) is 12.7 Å². The van der Waals surface area contributed by atoms with Gasteiger partial charge in [-0.1, -0.05) is 176 Å². The number of unbranched alkanes of at least 4 members (excludes halogenated alkanes) is 16. The Morgan fingerprint density at radius 3 is 1.19 bits per heavy atom. The molecule has 3 atom stereocenters. The van der Waals surface area contributed by atoms with Crippen molar-refractivity contribution >= 4 is 25.7 Å². The molecule has 2 N–H and O–H groups in total. The molecule has 70 heavy (non-hydrogen) atoms. The molecule has 0 saturated heterocycles. The van der Waals surface area contributed by atoms with Gasteiger partial charge in [-0.25, -0.2) is 4.57 Å². The monoisotopic (exact) mass is 1000 g/mol. The molecule has 0 aromatic rings. The Hall–Kier alpha value is -3.60. The highest BCUT2D eigenvalue weighted by Crippen LogP contribution is 2.43. The van der Waals surface area contributed by atoms with Crippen LogP contribution in [0.2, 0.25) is 0 Å². The third-order valence-corrected chi connectivity index (χ3v) is 11.9. The van der Waals surface area contributed by atoms with Gasteiger partial charge in [-0.05, 0) is 116 Å². The lowest BCUT2D eigenvalue weighted by Crippen LogP contribution is -2.30. The maximum Gasteiger partial charge on any atom is 0.472 e. The summed E-state index contributed by atoms with van der Waals surface area (Å²) in [5, 5.41) is 9.79. The topological polar surface area (TPSA) is 155 Å². The first kappa shape index (κ1) is 66.4. The maximum atomic E-state index is 12.9. The van der Waals surface area contributed by atoms with Crippen molar-refractivity contribution in [2.24, 2.45) is 0 Å².